The fourth-order valence-corrected chi connectivity index (χ4v) is 1.99. The molecule has 1 amide bonds. The van der Waals surface area contributed by atoms with Gasteiger partial charge < -0.3 is 4.98 Å². The first-order valence-electron chi connectivity index (χ1n) is 5.72. The Morgan fingerprint density at radius 2 is 1.80 bits per heavy atom. The summed E-state index contributed by atoms with van der Waals surface area (Å²) in [5.74, 6) is -0.681. The van der Waals surface area contributed by atoms with Crippen molar-refractivity contribution in [1.29, 1.82) is 0 Å². The fraction of sp³-hybridized carbons (Fsp3) is 0.0667. The molecule has 20 heavy (non-hydrogen) atoms. The maximum absolute atomic E-state index is 11.7. The van der Waals surface area contributed by atoms with Crippen molar-refractivity contribution >= 4 is 34.8 Å². The molecule has 2 aromatic rings. The zero-order valence-corrected chi connectivity index (χ0v) is 10.8. The molecule has 0 aliphatic rings. The van der Waals surface area contributed by atoms with E-state index in [1.807, 2.05) is 18.2 Å². The third kappa shape index (κ3) is 1.98. The van der Waals surface area contributed by atoms with Crippen molar-refractivity contribution in [1.82, 2.24) is 4.98 Å². The van der Waals surface area contributed by atoms with Crippen LogP contribution < -0.4 is 10.7 Å². The van der Waals surface area contributed by atoms with Crippen LogP contribution >= 0.6 is 0 Å². The number of amides is 1. The molecule has 5 heteroatoms. The van der Waals surface area contributed by atoms with Crippen molar-refractivity contribution in [2.75, 3.05) is 0 Å². The number of rotatable bonds is 1. The number of H-pyrrole nitrogens is 1. The van der Waals surface area contributed by atoms with Crippen LogP contribution in [0.2, 0.25) is 0 Å². The maximum Gasteiger partial charge on any atom is 0.277 e. The highest BCUT2D eigenvalue weighted by molar-refractivity contribution is 6.18. The predicted octanol–water partition coefficient (Wildman–Crippen LogP) is 1.47. The van der Waals surface area contributed by atoms with Crippen molar-refractivity contribution in [2.24, 2.45) is 4.99 Å². The van der Waals surface area contributed by atoms with Crippen LogP contribution in [-0.4, -0.2) is 17.6 Å². The molecule has 5 nitrogen and oxygen atoms in total. The van der Waals surface area contributed by atoms with E-state index in [-0.39, 0.29) is 5.70 Å². The molecule has 1 N–H and O–H groups in total. The Labute approximate surface area is 115 Å². The van der Waals surface area contributed by atoms with Gasteiger partial charge in [0.15, 0.2) is 5.70 Å². The van der Waals surface area contributed by atoms with E-state index in [4.69, 9.17) is 13.1 Å². The van der Waals surface area contributed by atoms with Crippen LogP contribution in [0.3, 0.4) is 0 Å². The molecule has 1 heterocycles. The smallest absolute Gasteiger partial charge is 0.277 e. The quantitative estimate of drug-likeness (QED) is 0.614. The van der Waals surface area contributed by atoms with Crippen molar-refractivity contribution in [3.63, 3.8) is 0 Å². The van der Waals surface area contributed by atoms with E-state index < -0.39 is 5.91 Å². The van der Waals surface area contributed by atoms with Gasteiger partial charge in [0.2, 0.25) is 0 Å². The van der Waals surface area contributed by atoms with Gasteiger partial charge in [0.1, 0.15) is 0 Å². The number of hydrogen-bond acceptors (Lipinski definition) is 1. The van der Waals surface area contributed by atoms with Gasteiger partial charge in [-0.1, -0.05) is 24.3 Å². The number of carbonyl (C=O) groups excluding carboxylic acids is 1. The first kappa shape index (κ1) is 13.3. The molecule has 0 fully saturated rings. The minimum absolute atomic E-state index is 0.125. The Morgan fingerprint density at radius 1 is 1.20 bits per heavy atom. The van der Waals surface area contributed by atoms with Gasteiger partial charge in [0, 0.05) is 5.35 Å². The fourth-order valence-electron chi connectivity index (χ4n) is 1.99. The van der Waals surface area contributed by atoms with Gasteiger partial charge in [-0.3, -0.25) is 4.79 Å². The Kier molecular flexibility index (Phi) is 3.45. The predicted molar refractivity (Wildman–Crippen MR) is 77.8 cm³/mol. The van der Waals surface area contributed by atoms with Crippen molar-refractivity contribution < 1.29 is 4.79 Å². The van der Waals surface area contributed by atoms with Gasteiger partial charge in [-0.05, 0) is 24.4 Å². The summed E-state index contributed by atoms with van der Waals surface area (Å²) in [4.78, 5) is 24.6. The Bertz CT molecular complexity index is 919. The molecular weight excluding hydrogens is 252 g/mol. The lowest BCUT2D eigenvalue weighted by molar-refractivity contribution is -0.112. The lowest BCUT2D eigenvalue weighted by Gasteiger charge is -1.91. The Hall–Kier alpha value is -3.18. The standard InChI is InChI=1S/C15H10N4O/c1-9(16-2)12-10-7-5-6-8-11(10)13(19-12)14(17-3)15(20)18-4/h5-8,19H,4H2,1H3/b12-9+,14-13+. The SMILES string of the molecule is [C-]#[N+]/C(C)=c1/[nH]/c(=C(/[N+]#[C-])C(=O)N=C)c2ccccc12. The monoisotopic (exact) mass is 262 g/mol. The molecule has 0 aliphatic carbocycles. The van der Waals surface area contributed by atoms with E-state index in [0.29, 0.717) is 21.8 Å². The number of aromatic amines is 1. The summed E-state index contributed by atoms with van der Waals surface area (Å²) in [7, 11) is 0. The summed E-state index contributed by atoms with van der Waals surface area (Å²) in [5, 5.41) is 2.51. The lowest BCUT2D eigenvalue weighted by Crippen LogP contribution is -2.16. The first-order valence-corrected chi connectivity index (χ1v) is 5.72. The average molecular weight is 262 g/mol. The zero-order valence-electron chi connectivity index (χ0n) is 10.8. The second kappa shape index (κ2) is 5.21. The van der Waals surface area contributed by atoms with E-state index in [1.54, 1.807) is 13.0 Å². The van der Waals surface area contributed by atoms with Gasteiger partial charge in [0.05, 0.1) is 18.5 Å². The summed E-state index contributed by atoms with van der Waals surface area (Å²) >= 11 is 0. The van der Waals surface area contributed by atoms with Gasteiger partial charge in [-0.15, -0.1) is 0 Å². The molecule has 0 spiro atoms. The topological polar surface area (TPSA) is 53.9 Å². The van der Waals surface area contributed by atoms with E-state index in [2.05, 4.69) is 26.4 Å². The number of carbonyl (C=O) groups is 1. The molecule has 0 aliphatic heterocycles. The molecule has 1 aromatic carbocycles. The van der Waals surface area contributed by atoms with Crippen LogP contribution in [0.5, 0.6) is 0 Å². The number of hydrogen-bond donors (Lipinski definition) is 1. The van der Waals surface area contributed by atoms with Gasteiger partial charge >= 0.3 is 0 Å². The van der Waals surface area contributed by atoms with E-state index >= 15 is 0 Å². The number of nitrogens with one attached hydrogen (secondary N) is 1. The van der Waals surface area contributed by atoms with E-state index in [9.17, 15) is 4.79 Å². The summed E-state index contributed by atoms with van der Waals surface area (Å²) in [6.45, 7) is 19.1. The van der Waals surface area contributed by atoms with Gasteiger partial charge in [-0.2, -0.15) is 0 Å². The molecule has 1 aromatic heterocycles. The number of aromatic nitrogens is 1. The highest BCUT2D eigenvalue weighted by Crippen LogP contribution is 2.08. The molecule has 0 unspecified atom stereocenters. The maximum atomic E-state index is 11.7. The van der Waals surface area contributed by atoms with Crippen LogP contribution in [-0.2, 0) is 4.79 Å². The largest absolute Gasteiger partial charge is 0.373 e. The van der Waals surface area contributed by atoms with E-state index in [1.165, 1.54) is 0 Å². The normalized spacial score (nSPS) is 13.2. The molecular formula is C15H10N4O. The highest BCUT2D eigenvalue weighted by atomic mass is 16.1. The van der Waals surface area contributed by atoms with Crippen LogP contribution in [0.4, 0.5) is 0 Å². The summed E-state index contributed by atoms with van der Waals surface area (Å²) in [6.07, 6.45) is 0. The molecule has 96 valence electrons. The zero-order chi connectivity index (χ0) is 14.7. The molecule has 0 saturated carbocycles. The molecule has 0 saturated heterocycles. The third-order valence-electron chi connectivity index (χ3n) is 2.94. The molecule has 0 bridgehead atoms. The van der Waals surface area contributed by atoms with E-state index in [0.717, 1.165) is 5.39 Å². The number of fused-ring (bicyclic) bond motifs is 1. The number of nitrogens with zero attached hydrogens (tertiary/aromatic N) is 3. The van der Waals surface area contributed by atoms with Gasteiger partial charge in [0.25, 0.3) is 11.6 Å². The second-order valence-electron chi connectivity index (χ2n) is 4.04. The average Bonchev–Trinajstić information content (AvgIpc) is 2.87. The summed E-state index contributed by atoms with van der Waals surface area (Å²) in [6, 6.07) is 7.28. The highest BCUT2D eigenvalue weighted by Gasteiger charge is 2.12. The van der Waals surface area contributed by atoms with Crippen molar-refractivity contribution in [2.45, 2.75) is 6.92 Å². The number of benzene rings is 1. The minimum Gasteiger partial charge on any atom is -0.373 e. The molecule has 0 radical (unpaired) electrons. The summed E-state index contributed by atoms with van der Waals surface area (Å²) in [5.41, 5.74) is 0.344. The minimum atomic E-state index is -0.681. The molecule has 0 atom stereocenters. The number of aliphatic imine (C=N–C) groups is 1. The van der Waals surface area contributed by atoms with Crippen molar-refractivity contribution in [3.8, 4) is 0 Å². The lowest BCUT2D eigenvalue weighted by atomic mass is 10.2. The van der Waals surface area contributed by atoms with Crippen molar-refractivity contribution in [3.05, 3.63) is 57.8 Å². The van der Waals surface area contributed by atoms with Crippen LogP contribution in [0.1, 0.15) is 6.92 Å². The second-order valence-corrected chi connectivity index (χ2v) is 4.04. The van der Waals surface area contributed by atoms with Crippen LogP contribution in [0.15, 0.2) is 29.3 Å². The van der Waals surface area contributed by atoms with Gasteiger partial charge in [-0.25, -0.2) is 14.7 Å². The Balaban J connectivity index is 3.14. The first-order chi connectivity index (χ1) is 9.63. The van der Waals surface area contributed by atoms with Crippen LogP contribution in [0.25, 0.3) is 31.9 Å². The van der Waals surface area contributed by atoms with Crippen LogP contribution in [0, 0.1) is 13.1 Å². The Morgan fingerprint density at radius 3 is 2.30 bits per heavy atom. The third-order valence-corrected chi connectivity index (χ3v) is 2.94. The summed E-state index contributed by atoms with van der Waals surface area (Å²) < 4.78 is 0. The molecule has 2 rings (SSSR count).